The number of benzene rings is 1. The summed E-state index contributed by atoms with van der Waals surface area (Å²) in [6.45, 7) is 0.456. The number of thioether (sulfide) groups is 1. The fraction of sp³-hybridized carbons (Fsp3) is 0.231. The molecular weight excluding hydrogens is 378 g/mol. The molecule has 1 heterocycles. The molecule has 0 amide bonds. The third kappa shape index (κ3) is 4.89. The van der Waals surface area contributed by atoms with Gasteiger partial charge in [-0.05, 0) is 52.4 Å². The third-order valence-electron chi connectivity index (χ3n) is 2.44. The molecule has 0 atom stereocenters. The summed E-state index contributed by atoms with van der Waals surface area (Å²) >= 11 is 6.21. The minimum Gasteiger partial charge on any atom is -0.210 e. The van der Waals surface area contributed by atoms with Gasteiger partial charge in [0.1, 0.15) is 4.21 Å². The molecule has 1 N–H and O–H groups in total. The van der Waals surface area contributed by atoms with Crippen LogP contribution in [0.1, 0.15) is 6.42 Å². The first-order valence-electron chi connectivity index (χ1n) is 6.01. The zero-order chi connectivity index (χ0) is 14.4. The minimum atomic E-state index is -3.36. The van der Waals surface area contributed by atoms with Crippen LogP contribution in [0.5, 0.6) is 0 Å². The topological polar surface area (TPSA) is 46.2 Å². The molecule has 0 unspecified atom stereocenters. The highest BCUT2D eigenvalue weighted by molar-refractivity contribution is 9.11. The van der Waals surface area contributed by atoms with Gasteiger partial charge in [0.05, 0.1) is 3.79 Å². The largest absolute Gasteiger partial charge is 0.250 e. The van der Waals surface area contributed by atoms with Gasteiger partial charge in [0.25, 0.3) is 0 Å². The second kappa shape index (κ2) is 7.61. The molecule has 1 aromatic heterocycles. The Hall–Kier alpha value is -0.340. The van der Waals surface area contributed by atoms with Gasteiger partial charge < -0.3 is 0 Å². The highest BCUT2D eigenvalue weighted by Gasteiger charge is 2.15. The van der Waals surface area contributed by atoms with E-state index >= 15 is 0 Å². The summed E-state index contributed by atoms with van der Waals surface area (Å²) in [6, 6.07) is 13.4. The maximum Gasteiger partial charge on any atom is 0.250 e. The Balaban J connectivity index is 1.73. The van der Waals surface area contributed by atoms with Crippen molar-refractivity contribution in [3.05, 3.63) is 46.3 Å². The Morgan fingerprint density at radius 2 is 1.90 bits per heavy atom. The Morgan fingerprint density at radius 3 is 2.55 bits per heavy atom. The Labute approximate surface area is 136 Å². The third-order valence-corrected chi connectivity index (χ3v) is 7.11. The van der Waals surface area contributed by atoms with E-state index in [0.717, 1.165) is 16.0 Å². The summed E-state index contributed by atoms with van der Waals surface area (Å²) in [4.78, 5) is 1.21. The van der Waals surface area contributed by atoms with Crippen LogP contribution in [0, 0.1) is 0 Å². The van der Waals surface area contributed by atoms with Gasteiger partial charge >= 0.3 is 0 Å². The van der Waals surface area contributed by atoms with Crippen LogP contribution in [0.25, 0.3) is 0 Å². The SMILES string of the molecule is O=S(=O)(NCCCSc1ccccc1)c1ccc(Br)s1. The van der Waals surface area contributed by atoms with E-state index in [9.17, 15) is 8.42 Å². The molecule has 2 rings (SSSR count). The molecule has 2 aromatic rings. The lowest BCUT2D eigenvalue weighted by Gasteiger charge is -2.04. The standard InChI is InChI=1S/C13H14BrNO2S3/c14-12-7-8-13(19-12)20(16,17)15-9-4-10-18-11-5-2-1-3-6-11/h1-3,5-8,15H,4,9-10H2. The lowest BCUT2D eigenvalue weighted by molar-refractivity contribution is 0.583. The van der Waals surface area contributed by atoms with Gasteiger partial charge in [-0.15, -0.1) is 23.1 Å². The normalized spacial score (nSPS) is 11.7. The summed E-state index contributed by atoms with van der Waals surface area (Å²) < 4.78 is 27.7. The molecule has 0 saturated heterocycles. The van der Waals surface area contributed by atoms with E-state index < -0.39 is 10.0 Å². The number of hydrogen-bond acceptors (Lipinski definition) is 4. The van der Waals surface area contributed by atoms with Crippen molar-refractivity contribution in [3.63, 3.8) is 0 Å². The van der Waals surface area contributed by atoms with Gasteiger partial charge in [-0.3, -0.25) is 0 Å². The molecule has 0 fully saturated rings. The zero-order valence-electron chi connectivity index (χ0n) is 10.6. The number of nitrogens with one attached hydrogen (secondary N) is 1. The summed E-state index contributed by atoms with van der Waals surface area (Å²) in [5.41, 5.74) is 0. The van der Waals surface area contributed by atoms with E-state index in [1.165, 1.54) is 16.2 Å². The summed E-state index contributed by atoms with van der Waals surface area (Å²) in [7, 11) is -3.36. The van der Waals surface area contributed by atoms with Gasteiger partial charge in [0.2, 0.25) is 10.0 Å². The van der Waals surface area contributed by atoms with E-state index in [2.05, 4.69) is 32.8 Å². The number of hydrogen-bond donors (Lipinski definition) is 1. The zero-order valence-corrected chi connectivity index (χ0v) is 14.6. The maximum atomic E-state index is 12.0. The van der Waals surface area contributed by atoms with Crippen LogP contribution < -0.4 is 4.72 Å². The van der Waals surface area contributed by atoms with E-state index in [1.807, 2.05) is 18.2 Å². The quantitative estimate of drug-likeness (QED) is 0.573. The first-order chi connectivity index (χ1) is 9.58. The van der Waals surface area contributed by atoms with Crippen molar-refractivity contribution in [2.75, 3.05) is 12.3 Å². The number of rotatable bonds is 7. The molecule has 7 heteroatoms. The van der Waals surface area contributed by atoms with Crippen molar-refractivity contribution in [1.82, 2.24) is 4.72 Å². The number of sulfonamides is 1. The fourth-order valence-corrected chi connectivity index (χ4v) is 5.50. The van der Waals surface area contributed by atoms with Crippen LogP contribution in [0.15, 0.2) is 55.4 Å². The van der Waals surface area contributed by atoms with Gasteiger partial charge in [0.15, 0.2) is 0 Å². The van der Waals surface area contributed by atoms with Crippen LogP contribution >= 0.6 is 39.0 Å². The van der Waals surface area contributed by atoms with Crippen LogP contribution in [0.2, 0.25) is 0 Å². The second-order valence-electron chi connectivity index (χ2n) is 3.97. The van der Waals surface area contributed by atoms with E-state index in [4.69, 9.17) is 0 Å². The van der Waals surface area contributed by atoms with Crippen molar-refractivity contribution in [2.24, 2.45) is 0 Å². The maximum absolute atomic E-state index is 12.0. The predicted octanol–water partition coefficient (Wildman–Crippen LogP) is 3.97. The molecule has 0 bridgehead atoms. The molecule has 0 spiro atoms. The second-order valence-corrected chi connectivity index (χ2v) is 9.60. The van der Waals surface area contributed by atoms with Crippen LogP contribution in [-0.4, -0.2) is 20.7 Å². The van der Waals surface area contributed by atoms with Crippen molar-refractivity contribution < 1.29 is 8.42 Å². The molecule has 0 aliphatic heterocycles. The average Bonchev–Trinajstić information content (AvgIpc) is 2.87. The molecular formula is C13H14BrNO2S3. The Morgan fingerprint density at radius 1 is 1.15 bits per heavy atom. The van der Waals surface area contributed by atoms with Gasteiger partial charge in [-0.1, -0.05) is 18.2 Å². The summed E-state index contributed by atoms with van der Waals surface area (Å²) in [6.07, 6.45) is 0.797. The smallest absolute Gasteiger partial charge is 0.210 e. The highest BCUT2D eigenvalue weighted by Crippen LogP contribution is 2.25. The van der Waals surface area contributed by atoms with E-state index in [-0.39, 0.29) is 0 Å². The molecule has 0 radical (unpaired) electrons. The van der Waals surface area contributed by atoms with Gasteiger partial charge in [0, 0.05) is 11.4 Å². The first-order valence-corrected chi connectivity index (χ1v) is 10.1. The predicted molar refractivity (Wildman–Crippen MR) is 89.0 cm³/mol. The van der Waals surface area contributed by atoms with Gasteiger partial charge in [-0.2, -0.15) is 0 Å². The molecule has 20 heavy (non-hydrogen) atoms. The first kappa shape index (κ1) is 16.0. The molecule has 108 valence electrons. The van der Waals surface area contributed by atoms with E-state index in [0.29, 0.717) is 10.8 Å². The molecule has 0 aliphatic rings. The van der Waals surface area contributed by atoms with Crippen LogP contribution in [0.4, 0.5) is 0 Å². The van der Waals surface area contributed by atoms with Crippen LogP contribution in [-0.2, 0) is 10.0 Å². The van der Waals surface area contributed by atoms with Crippen molar-refractivity contribution in [3.8, 4) is 0 Å². The van der Waals surface area contributed by atoms with Crippen molar-refractivity contribution >= 4 is 49.1 Å². The molecule has 3 nitrogen and oxygen atoms in total. The monoisotopic (exact) mass is 391 g/mol. The summed E-state index contributed by atoms with van der Waals surface area (Å²) in [5, 5.41) is 0. The lowest BCUT2D eigenvalue weighted by atomic mass is 10.4. The Bertz CT molecular complexity index is 641. The average molecular weight is 392 g/mol. The highest BCUT2D eigenvalue weighted by atomic mass is 79.9. The van der Waals surface area contributed by atoms with Gasteiger partial charge in [-0.25, -0.2) is 13.1 Å². The summed E-state index contributed by atoms with van der Waals surface area (Å²) in [5.74, 6) is 0.890. The fourth-order valence-electron chi connectivity index (χ4n) is 1.50. The molecule has 0 saturated carbocycles. The molecule has 1 aromatic carbocycles. The molecule has 0 aliphatic carbocycles. The lowest BCUT2D eigenvalue weighted by Crippen LogP contribution is -2.24. The Kier molecular flexibility index (Phi) is 6.10. The number of thiophene rings is 1. The van der Waals surface area contributed by atoms with Crippen molar-refractivity contribution in [1.29, 1.82) is 0 Å². The van der Waals surface area contributed by atoms with Crippen molar-refractivity contribution in [2.45, 2.75) is 15.5 Å². The minimum absolute atomic E-state index is 0.347. The number of halogens is 1. The van der Waals surface area contributed by atoms with Crippen LogP contribution in [0.3, 0.4) is 0 Å². The van der Waals surface area contributed by atoms with E-state index in [1.54, 1.807) is 23.9 Å².